The molecule has 0 unspecified atom stereocenters. The SMILES string of the molecule is Cc1nc2nc(N3CCO[C@@H](c4cnn(C)c4)C3)nc(C3CCCC3)c2nc1C. The van der Waals surface area contributed by atoms with Crippen LogP contribution >= 0.6 is 0 Å². The predicted molar refractivity (Wildman–Crippen MR) is 110 cm³/mol. The first-order chi connectivity index (χ1) is 14.1. The van der Waals surface area contributed by atoms with Crippen molar-refractivity contribution >= 4 is 17.1 Å². The van der Waals surface area contributed by atoms with E-state index in [-0.39, 0.29) is 6.10 Å². The molecule has 0 N–H and O–H groups in total. The second kappa shape index (κ2) is 7.33. The summed E-state index contributed by atoms with van der Waals surface area (Å²) in [5, 5.41) is 4.28. The smallest absolute Gasteiger partial charge is 0.227 e. The van der Waals surface area contributed by atoms with Gasteiger partial charge >= 0.3 is 0 Å². The molecule has 152 valence electrons. The lowest BCUT2D eigenvalue weighted by atomic mass is 10.0. The molecular weight excluding hydrogens is 366 g/mol. The second-order valence-corrected chi connectivity index (χ2v) is 8.21. The third-order valence-corrected chi connectivity index (χ3v) is 6.15. The first kappa shape index (κ1) is 18.4. The number of rotatable bonds is 3. The summed E-state index contributed by atoms with van der Waals surface area (Å²) in [4.78, 5) is 21.7. The Kier molecular flexibility index (Phi) is 4.66. The molecule has 2 fully saturated rings. The van der Waals surface area contributed by atoms with Gasteiger partial charge in [-0.3, -0.25) is 4.68 Å². The summed E-state index contributed by atoms with van der Waals surface area (Å²) in [6.07, 6.45) is 8.70. The van der Waals surface area contributed by atoms with E-state index in [4.69, 9.17) is 24.7 Å². The van der Waals surface area contributed by atoms with Crippen molar-refractivity contribution in [3.8, 4) is 0 Å². The molecule has 0 aromatic carbocycles. The molecule has 0 amide bonds. The maximum absolute atomic E-state index is 6.00. The second-order valence-electron chi connectivity index (χ2n) is 8.21. The van der Waals surface area contributed by atoms with Crippen LogP contribution in [0.3, 0.4) is 0 Å². The number of nitrogens with zero attached hydrogens (tertiary/aromatic N) is 7. The maximum Gasteiger partial charge on any atom is 0.227 e. The lowest BCUT2D eigenvalue weighted by Crippen LogP contribution is -2.39. The number of ether oxygens (including phenoxy) is 1. The number of aryl methyl sites for hydroxylation is 3. The molecule has 0 spiro atoms. The van der Waals surface area contributed by atoms with Gasteiger partial charge in [-0.15, -0.1) is 0 Å². The topological polar surface area (TPSA) is 81.9 Å². The minimum Gasteiger partial charge on any atom is -0.370 e. The zero-order valence-electron chi connectivity index (χ0n) is 17.3. The van der Waals surface area contributed by atoms with E-state index in [1.165, 1.54) is 25.7 Å². The van der Waals surface area contributed by atoms with Gasteiger partial charge in [0.25, 0.3) is 0 Å². The lowest BCUT2D eigenvalue weighted by Gasteiger charge is -2.33. The average molecular weight is 393 g/mol. The highest BCUT2D eigenvalue weighted by atomic mass is 16.5. The van der Waals surface area contributed by atoms with Gasteiger partial charge in [0.05, 0.1) is 36.4 Å². The number of morpholine rings is 1. The zero-order valence-corrected chi connectivity index (χ0v) is 17.3. The standard InChI is InChI=1S/C21H27N7O/c1-13-14(2)24-20-19(23-13)18(15-6-4-5-7-15)25-21(26-20)28-8-9-29-17(12-28)16-10-22-27(3)11-16/h10-11,15,17H,4-9,12H2,1-3H3/t17-/m1/s1. The van der Waals surface area contributed by atoms with E-state index in [9.17, 15) is 0 Å². The molecule has 8 heteroatoms. The van der Waals surface area contributed by atoms with Gasteiger partial charge in [-0.05, 0) is 26.7 Å². The summed E-state index contributed by atoms with van der Waals surface area (Å²) in [6.45, 7) is 6.11. The predicted octanol–water partition coefficient (Wildman–Crippen LogP) is 3.01. The van der Waals surface area contributed by atoms with E-state index >= 15 is 0 Å². The van der Waals surface area contributed by atoms with Crippen LogP contribution in [-0.4, -0.2) is 49.4 Å². The molecule has 1 atom stereocenters. The summed E-state index contributed by atoms with van der Waals surface area (Å²) in [5.41, 5.74) is 5.62. The molecule has 8 nitrogen and oxygen atoms in total. The normalized spacial score (nSPS) is 20.7. The van der Waals surface area contributed by atoms with Crippen LogP contribution < -0.4 is 4.90 Å². The van der Waals surface area contributed by atoms with Crippen LogP contribution in [0.4, 0.5) is 5.95 Å². The van der Waals surface area contributed by atoms with E-state index < -0.39 is 0 Å². The highest BCUT2D eigenvalue weighted by Crippen LogP contribution is 2.37. The molecule has 4 heterocycles. The zero-order chi connectivity index (χ0) is 20.0. The summed E-state index contributed by atoms with van der Waals surface area (Å²) in [7, 11) is 1.92. The molecule has 0 bridgehead atoms. The highest BCUT2D eigenvalue weighted by Gasteiger charge is 2.28. The first-order valence-electron chi connectivity index (χ1n) is 10.5. The molecular formula is C21H27N7O. The molecule has 3 aromatic heterocycles. The van der Waals surface area contributed by atoms with Crippen LogP contribution in [-0.2, 0) is 11.8 Å². The van der Waals surface area contributed by atoms with Crippen molar-refractivity contribution in [2.45, 2.75) is 51.6 Å². The minimum absolute atomic E-state index is 0.0301. The number of anilines is 1. The quantitative estimate of drug-likeness (QED) is 0.676. The summed E-state index contributed by atoms with van der Waals surface area (Å²) in [6, 6.07) is 0. The van der Waals surface area contributed by atoms with Crippen molar-refractivity contribution in [3.05, 3.63) is 35.0 Å². The van der Waals surface area contributed by atoms with Crippen LogP contribution in [0, 0.1) is 13.8 Å². The van der Waals surface area contributed by atoms with Crippen molar-refractivity contribution in [2.24, 2.45) is 7.05 Å². The third kappa shape index (κ3) is 3.46. The fourth-order valence-electron chi connectivity index (χ4n) is 4.39. The fourth-order valence-corrected chi connectivity index (χ4v) is 4.39. The van der Waals surface area contributed by atoms with E-state index in [2.05, 4.69) is 10.00 Å². The van der Waals surface area contributed by atoms with Gasteiger partial charge < -0.3 is 9.64 Å². The first-order valence-corrected chi connectivity index (χ1v) is 10.5. The number of hydrogen-bond acceptors (Lipinski definition) is 7. The Morgan fingerprint density at radius 3 is 2.59 bits per heavy atom. The lowest BCUT2D eigenvalue weighted by molar-refractivity contribution is 0.0392. The average Bonchev–Trinajstić information content (AvgIpc) is 3.40. The van der Waals surface area contributed by atoms with E-state index in [1.807, 2.05) is 38.0 Å². The Morgan fingerprint density at radius 2 is 1.83 bits per heavy atom. The van der Waals surface area contributed by atoms with Crippen molar-refractivity contribution < 1.29 is 4.74 Å². The van der Waals surface area contributed by atoms with E-state index in [1.54, 1.807) is 0 Å². The molecule has 1 aliphatic carbocycles. The molecule has 0 radical (unpaired) electrons. The van der Waals surface area contributed by atoms with Gasteiger partial charge in [-0.25, -0.2) is 15.0 Å². The van der Waals surface area contributed by atoms with Crippen molar-refractivity contribution in [1.82, 2.24) is 29.7 Å². The van der Waals surface area contributed by atoms with Crippen LogP contribution in [0.1, 0.15) is 60.4 Å². The third-order valence-electron chi connectivity index (χ3n) is 6.15. The van der Waals surface area contributed by atoms with Crippen molar-refractivity contribution in [1.29, 1.82) is 0 Å². The molecule has 2 aliphatic rings. The van der Waals surface area contributed by atoms with E-state index in [0.29, 0.717) is 24.7 Å². The van der Waals surface area contributed by atoms with Gasteiger partial charge in [0.15, 0.2) is 5.65 Å². The summed E-state index contributed by atoms with van der Waals surface area (Å²) in [5.74, 6) is 1.19. The number of hydrogen-bond donors (Lipinski definition) is 0. The van der Waals surface area contributed by atoms with Crippen LogP contribution in [0.15, 0.2) is 12.4 Å². The van der Waals surface area contributed by atoms with Gasteiger partial charge in [0.1, 0.15) is 11.6 Å². The van der Waals surface area contributed by atoms with Gasteiger partial charge in [0, 0.05) is 31.3 Å². The van der Waals surface area contributed by atoms with Crippen molar-refractivity contribution in [3.63, 3.8) is 0 Å². The maximum atomic E-state index is 6.00. The molecule has 1 saturated heterocycles. The minimum atomic E-state index is -0.0301. The number of aromatic nitrogens is 6. The Hall–Kier alpha value is -2.61. The Labute approximate surface area is 170 Å². The van der Waals surface area contributed by atoms with E-state index in [0.717, 1.165) is 40.7 Å². The van der Waals surface area contributed by atoms with Gasteiger partial charge in [-0.2, -0.15) is 10.1 Å². The molecule has 29 heavy (non-hydrogen) atoms. The summed E-state index contributed by atoms with van der Waals surface area (Å²) < 4.78 is 7.81. The van der Waals surface area contributed by atoms with Crippen molar-refractivity contribution in [2.75, 3.05) is 24.6 Å². The largest absolute Gasteiger partial charge is 0.370 e. The monoisotopic (exact) mass is 393 g/mol. The Balaban J connectivity index is 1.54. The Morgan fingerprint density at radius 1 is 1.03 bits per heavy atom. The summed E-state index contributed by atoms with van der Waals surface area (Å²) >= 11 is 0. The highest BCUT2D eigenvalue weighted by molar-refractivity contribution is 5.75. The molecule has 5 rings (SSSR count). The van der Waals surface area contributed by atoms with Gasteiger partial charge in [-0.1, -0.05) is 12.8 Å². The molecule has 3 aromatic rings. The molecule has 1 aliphatic heterocycles. The van der Waals surface area contributed by atoms with Crippen LogP contribution in [0.5, 0.6) is 0 Å². The molecule has 1 saturated carbocycles. The van der Waals surface area contributed by atoms with Crippen LogP contribution in [0.2, 0.25) is 0 Å². The number of fused-ring (bicyclic) bond motifs is 1. The fraction of sp³-hybridized carbons (Fsp3) is 0.571. The van der Waals surface area contributed by atoms with Crippen LogP contribution in [0.25, 0.3) is 11.2 Å². The Bertz CT molecular complexity index is 1040. The van der Waals surface area contributed by atoms with Gasteiger partial charge in [0.2, 0.25) is 5.95 Å².